The molecule has 1 saturated carbocycles. The molecule has 0 amide bonds. The first-order valence-corrected chi connectivity index (χ1v) is 16.3. The second kappa shape index (κ2) is 9.21. The maximum absolute atomic E-state index is 2.70. The molecule has 2 atom stereocenters. The van der Waals surface area contributed by atoms with Crippen molar-refractivity contribution >= 4 is 0 Å². The first-order chi connectivity index (χ1) is 18.6. The first kappa shape index (κ1) is 28.1. The number of allylic oxidation sites excluding steroid dienone is 4. The van der Waals surface area contributed by atoms with Gasteiger partial charge in [0.2, 0.25) is 0 Å². The molecule has 0 heterocycles. The van der Waals surface area contributed by atoms with Gasteiger partial charge < -0.3 is 0 Å². The molecule has 4 aliphatic carbocycles. The van der Waals surface area contributed by atoms with Crippen LogP contribution in [0, 0.1) is 22.7 Å². The Morgan fingerprint density at radius 3 is 1.68 bits per heavy atom. The average molecular weight is 535 g/mol. The van der Waals surface area contributed by atoms with Crippen molar-refractivity contribution in [1.29, 1.82) is 0 Å². The molecule has 0 spiro atoms. The Morgan fingerprint density at radius 1 is 0.675 bits per heavy atom. The van der Waals surface area contributed by atoms with E-state index in [1.165, 1.54) is 67.2 Å². The van der Waals surface area contributed by atoms with Gasteiger partial charge in [-0.05, 0) is 92.7 Å². The zero-order chi connectivity index (χ0) is 28.8. The fourth-order valence-corrected chi connectivity index (χ4v) is 8.78. The maximum Gasteiger partial charge on any atom is 0.0196 e. The van der Waals surface area contributed by atoms with Crippen LogP contribution < -0.4 is 0 Å². The highest BCUT2D eigenvalue weighted by molar-refractivity contribution is 5.81. The van der Waals surface area contributed by atoms with E-state index in [0.29, 0.717) is 5.92 Å². The lowest BCUT2D eigenvalue weighted by Crippen LogP contribution is -2.28. The Hall–Kier alpha value is -2.08. The van der Waals surface area contributed by atoms with E-state index >= 15 is 0 Å². The third kappa shape index (κ3) is 4.48. The second-order valence-corrected chi connectivity index (χ2v) is 17.2. The highest BCUT2D eigenvalue weighted by atomic mass is 14.6. The van der Waals surface area contributed by atoms with Gasteiger partial charge in [0.05, 0.1) is 0 Å². The van der Waals surface area contributed by atoms with Crippen LogP contribution in [0.2, 0.25) is 0 Å². The molecule has 2 aromatic rings. The van der Waals surface area contributed by atoms with Crippen molar-refractivity contribution in [2.45, 2.75) is 131 Å². The first-order valence-electron chi connectivity index (χ1n) is 16.3. The maximum atomic E-state index is 2.70. The largest absolute Gasteiger partial charge is 0.0605 e. The zero-order valence-electron chi connectivity index (χ0n) is 27.2. The van der Waals surface area contributed by atoms with E-state index in [1.54, 1.807) is 22.3 Å². The number of hydrogen-bond donors (Lipinski definition) is 0. The van der Waals surface area contributed by atoms with Gasteiger partial charge in [0.1, 0.15) is 0 Å². The molecule has 0 radical (unpaired) electrons. The standard InChI is InChI=1S/C40H54/c1-37(2,3)26-16-18-29-31(20-26)32-21-27(38(4,5)6)17-19-30(32)36(29)40(10)24-34(25-14-12-11-13-15-25)33-22-28(23-35(33)40)39(7,8)9/h16-21,23,25,34,36H,11-15,22,24H2,1-10H3. The molecule has 0 saturated heterocycles. The minimum absolute atomic E-state index is 0.136. The fourth-order valence-electron chi connectivity index (χ4n) is 8.78. The fraction of sp³-hybridized carbons (Fsp3) is 0.600. The van der Waals surface area contributed by atoms with E-state index in [4.69, 9.17) is 0 Å². The van der Waals surface area contributed by atoms with Crippen LogP contribution in [0.4, 0.5) is 0 Å². The lowest BCUT2D eigenvalue weighted by molar-refractivity contribution is 0.221. The van der Waals surface area contributed by atoms with Crippen molar-refractivity contribution in [1.82, 2.24) is 0 Å². The molecule has 6 rings (SSSR count). The van der Waals surface area contributed by atoms with Crippen molar-refractivity contribution in [2.24, 2.45) is 22.7 Å². The summed E-state index contributed by atoms with van der Waals surface area (Å²) < 4.78 is 0. The highest BCUT2D eigenvalue weighted by Crippen LogP contribution is 2.66. The molecule has 40 heavy (non-hydrogen) atoms. The molecular weight excluding hydrogens is 480 g/mol. The van der Waals surface area contributed by atoms with Gasteiger partial charge in [-0.2, -0.15) is 0 Å². The lowest BCUT2D eigenvalue weighted by Gasteiger charge is -2.38. The number of rotatable bonds is 2. The van der Waals surface area contributed by atoms with Crippen LogP contribution in [0.5, 0.6) is 0 Å². The van der Waals surface area contributed by atoms with Crippen LogP contribution in [0.3, 0.4) is 0 Å². The predicted octanol–water partition coefficient (Wildman–Crippen LogP) is 11.7. The van der Waals surface area contributed by atoms with Crippen molar-refractivity contribution in [3.63, 3.8) is 0 Å². The average Bonchev–Trinajstić information content (AvgIpc) is 3.53. The zero-order valence-corrected chi connectivity index (χ0v) is 27.2. The Kier molecular flexibility index (Phi) is 6.46. The van der Waals surface area contributed by atoms with Crippen LogP contribution in [-0.4, -0.2) is 0 Å². The van der Waals surface area contributed by atoms with Gasteiger partial charge in [-0.1, -0.05) is 142 Å². The van der Waals surface area contributed by atoms with Gasteiger partial charge in [-0.3, -0.25) is 0 Å². The number of hydrogen-bond acceptors (Lipinski definition) is 0. The van der Waals surface area contributed by atoms with E-state index in [9.17, 15) is 0 Å². The molecule has 0 nitrogen and oxygen atoms in total. The van der Waals surface area contributed by atoms with E-state index in [0.717, 1.165) is 11.8 Å². The molecule has 2 unspecified atom stereocenters. The van der Waals surface area contributed by atoms with E-state index < -0.39 is 0 Å². The van der Waals surface area contributed by atoms with E-state index in [-0.39, 0.29) is 21.7 Å². The lowest BCUT2D eigenvalue weighted by atomic mass is 9.65. The monoisotopic (exact) mass is 534 g/mol. The Morgan fingerprint density at radius 2 is 1.20 bits per heavy atom. The third-order valence-electron chi connectivity index (χ3n) is 11.3. The summed E-state index contributed by atoms with van der Waals surface area (Å²) in [4.78, 5) is 0. The molecule has 0 aromatic heterocycles. The topological polar surface area (TPSA) is 0 Å². The molecule has 1 fully saturated rings. The summed E-state index contributed by atoms with van der Waals surface area (Å²) in [6.45, 7) is 24.1. The third-order valence-corrected chi connectivity index (χ3v) is 11.3. The Bertz CT molecular complexity index is 1320. The summed E-state index contributed by atoms with van der Waals surface area (Å²) in [5.74, 6) is 2.06. The van der Waals surface area contributed by atoms with Crippen molar-refractivity contribution in [3.8, 4) is 11.1 Å². The normalized spacial score (nSPS) is 25.8. The molecule has 2 aromatic carbocycles. The van der Waals surface area contributed by atoms with Crippen molar-refractivity contribution < 1.29 is 0 Å². The van der Waals surface area contributed by atoms with Gasteiger partial charge >= 0.3 is 0 Å². The SMILES string of the molecule is CC(C)(C)C1=CC2=C(C1)C(C1CCCCC1)CC2(C)C1c2ccc(C(C)(C)C)cc2-c2cc(C(C)(C)C)ccc21. The summed E-state index contributed by atoms with van der Waals surface area (Å²) in [6.07, 6.45) is 12.4. The van der Waals surface area contributed by atoms with Crippen LogP contribution >= 0.6 is 0 Å². The van der Waals surface area contributed by atoms with Gasteiger partial charge in [0.15, 0.2) is 0 Å². The molecule has 0 aliphatic heterocycles. The van der Waals surface area contributed by atoms with Crippen LogP contribution in [0.25, 0.3) is 11.1 Å². The Labute approximate surface area is 245 Å². The van der Waals surface area contributed by atoms with Crippen LogP contribution in [-0.2, 0) is 10.8 Å². The molecule has 0 N–H and O–H groups in total. The molecule has 4 aliphatic rings. The number of fused-ring (bicyclic) bond motifs is 3. The minimum atomic E-state index is 0.136. The summed E-state index contributed by atoms with van der Waals surface area (Å²) >= 11 is 0. The summed E-state index contributed by atoms with van der Waals surface area (Å²) in [5, 5.41) is 0. The van der Waals surface area contributed by atoms with Gasteiger partial charge in [0, 0.05) is 11.3 Å². The summed E-state index contributed by atoms with van der Waals surface area (Å²) in [5.41, 5.74) is 14.9. The van der Waals surface area contributed by atoms with Crippen molar-refractivity contribution in [2.75, 3.05) is 0 Å². The molecule has 0 bridgehead atoms. The Balaban J connectivity index is 1.54. The van der Waals surface area contributed by atoms with Crippen LogP contribution in [0.1, 0.15) is 142 Å². The molecule has 0 heteroatoms. The van der Waals surface area contributed by atoms with E-state index in [1.807, 2.05) is 5.57 Å². The summed E-state index contributed by atoms with van der Waals surface area (Å²) in [7, 11) is 0. The van der Waals surface area contributed by atoms with Gasteiger partial charge in [-0.25, -0.2) is 0 Å². The minimum Gasteiger partial charge on any atom is -0.0605 e. The second-order valence-electron chi connectivity index (χ2n) is 17.2. The molecular formula is C40H54. The highest BCUT2D eigenvalue weighted by Gasteiger charge is 2.53. The van der Waals surface area contributed by atoms with Crippen LogP contribution in [0.15, 0.2) is 59.2 Å². The van der Waals surface area contributed by atoms with Crippen molar-refractivity contribution in [3.05, 3.63) is 81.4 Å². The predicted molar refractivity (Wildman–Crippen MR) is 173 cm³/mol. The van der Waals surface area contributed by atoms with Gasteiger partial charge in [0.25, 0.3) is 0 Å². The van der Waals surface area contributed by atoms with E-state index in [2.05, 4.69) is 112 Å². The van der Waals surface area contributed by atoms with Gasteiger partial charge in [-0.15, -0.1) is 0 Å². The quantitative estimate of drug-likeness (QED) is 0.359. The summed E-state index contributed by atoms with van der Waals surface area (Å²) in [6, 6.07) is 15.1. The smallest absolute Gasteiger partial charge is 0.0196 e. The number of benzene rings is 2. The molecule has 214 valence electrons.